The average molecular weight is 260 g/mol. The van der Waals surface area contributed by atoms with Crippen molar-refractivity contribution in [1.82, 2.24) is 10.3 Å². The van der Waals surface area contributed by atoms with Crippen LogP contribution in [0.25, 0.3) is 10.1 Å². The molecule has 1 atom stereocenters. The SMILES string of the molecule is CNC(c1cncs1)c1cccc2ccsc12. The van der Waals surface area contributed by atoms with E-state index < -0.39 is 0 Å². The highest BCUT2D eigenvalue weighted by atomic mass is 32.1. The lowest BCUT2D eigenvalue weighted by atomic mass is 10.0. The summed E-state index contributed by atoms with van der Waals surface area (Å²) in [7, 11) is 2.00. The van der Waals surface area contributed by atoms with Crippen molar-refractivity contribution in [2.24, 2.45) is 0 Å². The average Bonchev–Trinajstić information content (AvgIpc) is 3.00. The quantitative estimate of drug-likeness (QED) is 0.777. The molecular weight excluding hydrogens is 248 g/mol. The van der Waals surface area contributed by atoms with Crippen LogP contribution in [0.3, 0.4) is 0 Å². The van der Waals surface area contributed by atoms with Gasteiger partial charge in [0.05, 0.1) is 11.6 Å². The molecule has 0 spiro atoms. The van der Waals surface area contributed by atoms with Crippen LogP contribution in [0.4, 0.5) is 0 Å². The van der Waals surface area contributed by atoms with Crippen molar-refractivity contribution >= 4 is 32.8 Å². The van der Waals surface area contributed by atoms with Crippen LogP contribution in [0.2, 0.25) is 0 Å². The van der Waals surface area contributed by atoms with E-state index in [-0.39, 0.29) is 6.04 Å². The molecule has 2 nitrogen and oxygen atoms in total. The highest BCUT2D eigenvalue weighted by molar-refractivity contribution is 7.17. The Hall–Kier alpha value is -1.23. The van der Waals surface area contributed by atoms with Gasteiger partial charge in [0, 0.05) is 15.8 Å². The molecule has 0 saturated carbocycles. The van der Waals surface area contributed by atoms with E-state index in [1.807, 2.05) is 18.8 Å². The van der Waals surface area contributed by atoms with E-state index in [0.29, 0.717) is 0 Å². The monoisotopic (exact) mass is 260 g/mol. The Balaban J connectivity index is 2.16. The van der Waals surface area contributed by atoms with E-state index in [4.69, 9.17) is 0 Å². The maximum absolute atomic E-state index is 4.17. The Labute approximate surface area is 108 Å². The topological polar surface area (TPSA) is 24.9 Å². The standard InChI is InChI=1S/C13H12N2S2/c1-14-12(11-7-15-8-17-11)10-4-2-3-9-5-6-16-13(9)10/h2-8,12,14H,1H3. The van der Waals surface area contributed by atoms with Gasteiger partial charge in [-0.1, -0.05) is 18.2 Å². The Bertz CT molecular complexity index is 613. The molecule has 2 heterocycles. The van der Waals surface area contributed by atoms with Crippen LogP contribution >= 0.6 is 22.7 Å². The van der Waals surface area contributed by atoms with Crippen LogP contribution in [0.15, 0.2) is 41.4 Å². The molecule has 0 aliphatic rings. The first-order chi connectivity index (χ1) is 8.40. The van der Waals surface area contributed by atoms with Crippen LogP contribution in [0.1, 0.15) is 16.5 Å². The van der Waals surface area contributed by atoms with E-state index in [2.05, 4.69) is 39.9 Å². The summed E-state index contributed by atoms with van der Waals surface area (Å²) in [6.07, 6.45) is 1.94. The first kappa shape index (κ1) is 10.9. The first-order valence-corrected chi connectivity index (χ1v) is 7.18. The number of hydrogen-bond acceptors (Lipinski definition) is 4. The van der Waals surface area contributed by atoms with Crippen LogP contribution in [-0.4, -0.2) is 12.0 Å². The maximum atomic E-state index is 4.17. The fourth-order valence-corrected chi connectivity index (χ4v) is 3.75. The highest BCUT2D eigenvalue weighted by Crippen LogP contribution is 2.33. The number of thiazole rings is 1. The second kappa shape index (κ2) is 4.56. The van der Waals surface area contributed by atoms with Gasteiger partial charge in [-0.3, -0.25) is 4.98 Å². The normalized spacial score (nSPS) is 13.0. The number of benzene rings is 1. The summed E-state index contributed by atoms with van der Waals surface area (Å²) in [6, 6.07) is 8.89. The third-order valence-electron chi connectivity index (χ3n) is 2.85. The van der Waals surface area contributed by atoms with Crippen molar-refractivity contribution in [1.29, 1.82) is 0 Å². The summed E-state index contributed by atoms with van der Waals surface area (Å²) < 4.78 is 1.36. The van der Waals surface area contributed by atoms with Crippen molar-refractivity contribution in [3.8, 4) is 0 Å². The Morgan fingerprint density at radius 2 is 2.18 bits per heavy atom. The van der Waals surface area contributed by atoms with Crippen molar-refractivity contribution in [2.45, 2.75) is 6.04 Å². The number of thiophene rings is 1. The zero-order valence-corrected chi connectivity index (χ0v) is 11.0. The number of aromatic nitrogens is 1. The van der Waals surface area contributed by atoms with E-state index in [1.54, 1.807) is 22.7 Å². The largest absolute Gasteiger partial charge is 0.309 e. The van der Waals surface area contributed by atoms with Crippen molar-refractivity contribution in [3.05, 3.63) is 51.8 Å². The lowest BCUT2D eigenvalue weighted by Gasteiger charge is -2.15. The molecular formula is C13H12N2S2. The van der Waals surface area contributed by atoms with Gasteiger partial charge in [-0.25, -0.2) is 0 Å². The molecule has 0 amide bonds. The maximum Gasteiger partial charge on any atom is 0.0794 e. The molecule has 86 valence electrons. The predicted molar refractivity (Wildman–Crippen MR) is 74.8 cm³/mol. The summed E-state index contributed by atoms with van der Waals surface area (Å²) in [5, 5.41) is 6.84. The van der Waals surface area contributed by atoms with Gasteiger partial charge >= 0.3 is 0 Å². The van der Waals surface area contributed by atoms with Gasteiger partial charge < -0.3 is 5.32 Å². The number of nitrogens with one attached hydrogen (secondary N) is 1. The predicted octanol–water partition coefficient (Wildman–Crippen LogP) is 3.67. The molecule has 3 rings (SSSR count). The van der Waals surface area contributed by atoms with E-state index in [9.17, 15) is 0 Å². The molecule has 1 unspecified atom stereocenters. The summed E-state index contributed by atoms with van der Waals surface area (Å²) in [5.74, 6) is 0. The molecule has 4 heteroatoms. The summed E-state index contributed by atoms with van der Waals surface area (Å²) in [6.45, 7) is 0. The van der Waals surface area contributed by atoms with Gasteiger partial charge in [0.15, 0.2) is 0 Å². The Morgan fingerprint density at radius 3 is 2.94 bits per heavy atom. The number of hydrogen-bond donors (Lipinski definition) is 1. The third-order valence-corrected chi connectivity index (χ3v) is 4.66. The van der Waals surface area contributed by atoms with Gasteiger partial charge in [0.2, 0.25) is 0 Å². The van der Waals surface area contributed by atoms with Gasteiger partial charge in [0.1, 0.15) is 0 Å². The van der Waals surface area contributed by atoms with Crippen molar-refractivity contribution < 1.29 is 0 Å². The number of rotatable bonds is 3. The van der Waals surface area contributed by atoms with Gasteiger partial charge in [-0.15, -0.1) is 22.7 Å². The molecule has 0 bridgehead atoms. The summed E-state index contributed by atoms with van der Waals surface area (Å²) >= 11 is 3.49. The molecule has 0 fully saturated rings. The van der Waals surface area contributed by atoms with Crippen LogP contribution in [-0.2, 0) is 0 Å². The summed E-state index contributed by atoms with van der Waals surface area (Å²) in [4.78, 5) is 5.42. The second-order valence-electron chi connectivity index (χ2n) is 3.81. The minimum atomic E-state index is 0.241. The molecule has 1 N–H and O–H groups in total. The molecule has 1 aromatic carbocycles. The smallest absolute Gasteiger partial charge is 0.0794 e. The van der Waals surface area contributed by atoms with E-state index in [1.165, 1.54) is 20.5 Å². The lowest BCUT2D eigenvalue weighted by molar-refractivity contribution is 0.708. The summed E-state index contributed by atoms with van der Waals surface area (Å²) in [5.41, 5.74) is 3.22. The zero-order valence-electron chi connectivity index (χ0n) is 9.38. The van der Waals surface area contributed by atoms with Crippen molar-refractivity contribution in [3.63, 3.8) is 0 Å². The van der Waals surface area contributed by atoms with Crippen LogP contribution < -0.4 is 5.32 Å². The van der Waals surface area contributed by atoms with Crippen molar-refractivity contribution in [2.75, 3.05) is 7.05 Å². The molecule has 0 aliphatic carbocycles. The number of nitrogens with zero attached hydrogens (tertiary/aromatic N) is 1. The zero-order chi connectivity index (χ0) is 11.7. The Kier molecular flexibility index (Phi) is 2.93. The fourth-order valence-electron chi connectivity index (χ4n) is 2.06. The van der Waals surface area contributed by atoms with E-state index in [0.717, 1.165) is 0 Å². The molecule has 0 saturated heterocycles. The van der Waals surface area contributed by atoms with Gasteiger partial charge in [0.25, 0.3) is 0 Å². The van der Waals surface area contributed by atoms with Gasteiger partial charge in [-0.05, 0) is 29.4 Å². The lowest BCUT2D eigenvalue weighted by Crippen LogP contribution is -2.16. The van der Waals surface area contributed by atoms with Crippen LogP contribution in [0.5, 0.6) is 0 Å². The van der Waals surface area contributed by atoms with Crippen LogP contribution in [0, 0.1) is 0 Å². The highest BCUT2D eigenvalue weighted by Gasteiger charge is 2.16. The van der Waals surface area contributed by atoms with Gasteiger partial charge in [-0.2, -0.15) is 0 Å². The minimum Gasteiger partial charge on any atom is -0.309 e. The second-order valence-corrected chi connectivity index (χ2v) is 5.65. The first-order valence-electron chi connectivity index (χ1n) is 5.42. The Morgan fingerprint density at radius 1 is 1.24 bits per heavy atom. The fraction of sp³-hybridized carbons (Fsp3) is 0.154. The third kappa shape index (κ3) is 1.88. The molecule has 2 aromatic heterocycles. The van der Waals surface area contributed by atoms with E-state index >= 15 is 0 Å². The number of fused-ring (bicyclic) bond motifs is 1. The molecule has 17 heavy (non-hydrogen) atoms. The molecule has 0 aliphatic heterocycles. The minimum absolute atomic E-state index is 0.241. The molecule has 3 aromatic rings. The molecule has 0 radical (unpaired) electrons.